The van der Waals surface area contributed by atoms with E-state index < -0.39 is 21.9 Å². The highest BCUT2D eigenvalue weighted by atomic mass is 32.2. The number of carbonyl (C=O) groups is 2. The van der Waals surface area contributed by atoms with Crippen LogP contribution in [0.3, 0.4) is 0 Å². The molecular weight excluding hydrogens is 494 g/mol. The van der Waals surface area contributed by atoms with E-state index in [-0.39, 0.29) is 29.8 Å². The van der Waals surface area contributed by atoms with Crippen LogP contribution in [-0.2, 0) is 26.1 Å². The number of ether oxygens (including phenoxy) is 1. The summed E-state index contributed by atoms with van der Waals surface area (Å²) >= 11 is 2.41. The molecule has 2 aromatic heterocycles. The number of benzene rings is 1. The number of nitrogens with zero attached hydrogens (tertiary/aromatic N) is 3. The number of thiazole rings is 1. The maximum absolute atomic E-state index is 13.1. The van der Waals surface area contributed by atoms with Gasteiger partial charge < -0.3 is 9.30 Å². The first-order chi connectivity index (χ1) is 16.3. The average molecular weight is 518 g/mol. The molecule has 1 unspecified atom stereocenters. The molecule has 178 valence electrons. The van der Waals surface area contributed by atoms with Gasteiger partial charge in [0, 0.05) is 13.1 Å². The SMILES string of the molecule is C#CCn1c(=NC(=O)C2CCCN(S(=O)(=O)c3cccs3)C2)sc2cc(C(=O)OCC)ccc21. The van der Waals surface area contributed by atoms with Crippen molar-refractivity contribution in [2.45, 2.75) is 30.5 Å². The third-order valence-electron chi connectivity index (χ3n) is 5.47. The molecule has 0 saturated carbocycles. The van der Waals surface area contributed by atoms with Crippen LogP contribution in [0.1, 0.15) is 30.1 Å². The summed E-state index contributed by atoms with van der Waals surface area (Å²) in [6.07, 6.45) is 6.69. The highest BCUT2D eigenvalue weighted by molar-refractivity contribution is 7.91. The maximum atomic E-state index is 13.1. The van der Waals surface area contributed by atoms with Crippen molar-refractivity contribution < 1.29 is 22.7 Å². The van der Waals surface area contributed by atoms with Crippen LogP contribution in [0.5, 0.6) is 0 Å². The van der Waals surface area contributed by atoms with Gasteiger partial charge in [-0.1, -0.05) is 23.3 Å². The van der Waals surface area contributed by atoms with Crippen molar-refractivity contribution in [2.75, 3.05) is 19.7 Å². The van der Waals surface area contributed by atoms with Gasteiger partial charge in [0.15, 0.2) is 4.80 Å². The van der Waals surface area contributed by atoms with Gasteiger partial charge in [0.05, 0.1) is 34.8 Å². The number of rotatable bonds is 6. The molecule has 1 aromatic carbocycles. The first-order valence-electron chi connectivity index (χ1n) is 10.7. The van der Waals surface area contributed by atoms with E-state index in [4.69, 9.17) is 11.2 Å². The van der Waals surface area contributed by atoms with Gasteiger partial charge in [0.2, 0.25) is 0 Å². The van der Waals surface area contributed by atoms with Gasteiger partial charge in [-0.2, -0.15) is 9.30 Å². The van der Waals surface area contributed by atoms with E-state index in [2.05, 4.69) is 10.9 Å². The van der Waals surface area contributed by atoms with Gasteiger partial charge in [-0.3, -0.25) is 4.79 Å². The second-order valence-corrected chi connectivity index (χ2v) is 11.8. The van der Waals surface area contributed by atoms with E-state index in [1.54, 1.807) is 47.2 Å². The Labute approximate surface area is 205 Å². The summed E-state index contributed by atoms with van der Waals surface area (Å²) in [6.45, 7) is 2.68. The number of fused-ring (bicyclic) bond motifs is 1. The molecule has 1 amide bonds. The van der Waals surface area contributed by atoms with Gasteiger partial charge in [0.25, 0.3) is 15.9 Å². The molecule has 1 aliphatic rings. The maximum Gasteiger partial charge on any atom is 0.338 e. The Hall–Kier alpha value is -2.78. The quantitative estimate of drug-likeness (QED) is 0.370. The molecule has 11 heteroatoms. The minimum atomic E-state index is -3.63. The third-order valence-corrected chi connectivity index (χ3v) is 9.75. The number of piperidine rings is 1. The van der Waals surface area contributed by atoms with E-state index in [1.165, 1.54) is 15.6 Å². The van der Waals surface area contributed by atoms with Crippen LogP contribution in [0.4, 0.5) is 0 Å². The Balaban J connectivity index is 1.64. The van der Waals surface area contributed by atoms with Crippen molar-refractivity contribution >= 4 is 54.8 Å². The standard InChI is InChI=1S/C23H23N3O5S3/c1-3-11-26-18-10-9-16(22(28)31-4-2)14-19(18)33-23(26)24-21(27)17-7-5-12-25(15-17)34(29,30)20-8-6-13-32-20/h1,6,8-10,13-14,17H,4-5,7,11-12,15H2,2H3. The molecule has 0 aliphatic carbocycles. The predicted molar refractivity (Wildman–Crippen MR) is 131 cm³/mol. The molecule has 1 fully saturated rings. The van der Waals surface area contributed by atoms with Crippen molar-refractivity contribution in [1.82, 2.24) is 8.87 Å². The summed E-state index contributed by atoms with van der Waals surface area (Å²) < 4.78 is 35.0. The molecule has 8 nitrogen and oxygen atoms in total. The number of hydrogen-bond donors (Lipinski definition) is 0. The molecule has 0 spiro atoms. The number of terminal acetylenes is 1. The first-order valence-corrected chi connectivity index (χ1v) is 13.8. The number of sulfonamides is 1. The second-order valence-electron chi connectivity index (χ2n) is 7.66. The number of thiophene rings is 1. The summed E-state index contributed by atoms with van der Waals surface area (Å²) in [5.41, 5.74) is 1.16. The molecular formula is C23H23N3O5S3. The Kier molecular flexibility index (Phi) is 7.33. The number of hydrogen-bond acceptors (Lipinski definition) is 7. The topological polar surface area (TPSA) is 98.0 Å². The Morgan fingerprint density at radius 1 is 1.32 bits per heavy atom. The Morgan fingerprint density at radius 2 is 2.15 bits per heavy atom. The fraction of sp³-hybridized carbons (Fsp3) is 0.348. The number of esters is 1. The van der Waals surface area contributed by atoms with Crippen LogP contribution in [0.25, 0.3) is 10.2 Å². The molecule has 4 rings (SSSR count). The minimum absolute atomic E-state index is 0.0929. The Morgan fingerprint density at radius 3 is 2.85 bits per heavy atom. The lowest BCUT2D eigenvalue weighted by Gasteiger charge is -2.29. The predicted octanol–water partition coefficient (Wildman–Crippen LogP) is 3.10. The highest BCUT2D eigenvalue weighted by Crippen LogP contribution is 2.27. The van der Waals surface area contributed by atoms with Crippen molar-refractivity contribution in [2.24, 2.45) is 10.9 Å². The van der Waals surface area contributed by atoms with Crippen LogP contribution in [0, 0.1) is 18.3 Å². The zero-order valence-corrected chi connectivity index (χ0v) is 20.9. The van der Waals surface area contributed by atoms with Crippen LogP contribution in [-0.4, -0.2) is 48.9 Å². The van der Waals surface area contributed by atoms with Gasteiger partial charge in [-0.15, -0.1) is 17.8 Å². The molecule has 0 bridgehead atoms. The number of aromatic nitrogens is 1. The first kappa shape index (κ1) is 24.3. The molecule has 1 saturated heterocycles. The zero-order valence-electron chi connectivity index (χ0n) is 18.5. The molecule has 3 aromatic rings. The minimum Gasteiger partial charge on any atom is -0.462 e. The van der Waals surface area contributed by atoms with Crippen molar-refractivity contribution in [3.63, 3.8) is 0 Å². The average Bonchev–Trinajstić information content (AvgIpc) is 3.49. The van der Waals surface area contributed by atoms with Gasteiger partial charge in [-0.05, 0) is 49.4 Å². The normalized spacial score (nSPS) is 17.5. The summed E-state index contributed by atoms with van der Waals surface area (Å²) in [6, 6.07) is 8.37. The third kappa shape index (κ3) is 4.86. The van der Waals surface area contributed by atoms with Crippen molar-refractivity contribution in [3.8, 4) is 12.3 Å². The highest BCUT2D eigenvalue weighted by Gasteiger charge is 2.33. The van der Waals surface area contributed by atoms with Crippen molar-refractivity contribution in [1.29, 1.82) is 0 Å². The molecule has 3 heterocycles. The van der Waals surface area contributed by atoms with E-state index in [9.17, 15) is 18.0 Å². The lowest BCUT2D eigenvalue weighted by Crippen LogP contribution is -2.42. The van der Waals surface area contributed by atoms with Crippen molar-refractivity contribution in [3.05, 3.63) is 46.1 Å². The van der Waals surface area contributed by atoms with Gasteiger partial charge in [-0.25, -0.2) is 13.2 Å². The summed E-state index contributed by atoms with van der Waals surface area (Å²) in [4.78, 5) is 30.0. The summed E-state index contributed by atoms with van der Waals surface area (Å²) in [5.74, 6) is 1.23. The second kappa shape index (κ2) is 10.2. The monoisotopic (exact) mass is 517 g/mol. The molecule has 0 radical (unpaired) electrons. The lowest BCUT2D eigenvalue weighted by molar-refractivity contribution is -0.122. The van der Waals surface area contributed by atoms with E-state index >= 15 is 0 Å². The van der Waals surface area contributed by atoms with Crippen LogP contribution in [0.15, 0.2) is 44.9 Å². The Bertz CT molecular complexity index is 1430. The molecule has 0 N–H and O–H groups in total. The summed E-state index contributed by atoms with van der Waals surface area (Å²) in [5, 5.41) is 1.72. The fourth-order valence-corrected chi connectivity index (χ4v) is 7.57. The number of amides is 1. The molecule has 1 aliphatic heterocycles. The van der Waals surface area contributed by atoms with Crippen LogP contribution >= 0.6 is 22.7 Å². The van der Waals surface area contributed by atoms with E-state index in [1.807, 2.05) is 0 Å². The fourth-order valence-electron chi connectivity index (χ4n) is 3.83. The zero-order chi connectivity index (χ0) is 24.3. The molecule has 34 heavy (non-hydrogen) atoms. The van der Waals surface area contributed by atoms with E-state index in [0.717, 1.165) is 21.6 Å². The summed E-state index contributed by atoms with van der Waals surface area (Å²) in [7, 11) is -3.63. The smallest absolute Gasteiger partial charge is 0.338 e. The largest absolute Gasteiger partial charge is 0.462 e. The number of carbonyl (C=O) groups excluding carboxylic acids is 2. The van der Waals surface area contributed by atoms with Gasteiger partial charge in [0.1, 0.15) is 4.21 Å². The van der Waals surface area contributed by atoms with Crippen LogP contribution in [0.2, 0.25) is 0 Å². The molecule has 1 atom stereocenters. The van der Waals surface area contributed by atoms with Crippen LogP contribution < -0.4 is 4.80 Å². The van der Waals surface area contributed by atoms with E-state index in [0.29, 0.717) is 29.8 Å². The van der Waals surface area contributed by atoms with Gasteiger partial charge >= 0.3 is 5.97 Å². The lowest BCUT2D eigenvalue weighted by atomic mass is 9.99.